The van der Waals surface area contributed by atoms with Crippen LogP contribution in [0.25, 0.3) is 0 Å². The lowest BCUT2D eigenvalue weighted by Gasteiger charge is -2.25. The molecule has 1 N–H and O–H groups in total. The predicted octanol–water partition coefficient (Wildman–Crippen LogP) is 2.36. The van der Waals surface area contributed by atoms with E-state index in [9.17, 15) is 9.90 Å². The van der Waals surface area contributed by atoms with Gasteiger partial charge in [0.25, 0.3) is 5.79 Å². The van der Waals surface area contributed by atoms with Crippen molar-refractivity contribution in [2.45, 2.75) is 5.79 Å². The molecule has 2 aromatic carbocycles. The van der Waals surface area contributed by atoms with Gasteiger partial charge in [-0.15, -0.1) is 0 Å². The fourth-order valence-electron chi connectivity index (χ4n) is 1.79. The maximum absolute atomic E-state index is 12.3. The van der Waals surface area contributed by atoms with Gasteiger partial charge in [0, 0.05) is 18.2 Å². The van der Waals surface area contributed by atoms with Crippen molar-refractivity contribution >= 4 is 5.78 Å². The molecule has 2 aromatic rings. The van der Waals surface area contributed by atoms with Gasteiger partial charge in [0.1, 0.15) is 0 Å². The van der Waals surface area contributed by atoms with Gasteiger partial charge < -0.3 is 9.84 Å². The van der Waals surface area contributed by atoms with Crippen molar-refractivity contribution in [3.05, 3.63) is 71.8 Å². The number of aliphatic hydroxyl groups is 1. The van der Waals surface area contributed by atoms with Crippen LogP contribution in [-0.4, -0.2) is 18.0 Å². The molecule has 0 amide bonds. The molecule has 0 aliphatic carbocycles. The molecule has 0 spiro atoms. The van der Waals surface area contributed by atoms with Gasteiger partial charge >= 0.3 is 0 Å². The van der Waals surface area contributed by atoms with Crippen LogP contribution in [0.3, 0.4) is 0 Å². The average Bonchev–Trinajstić information content (AvgIpc) is 2.47. The largest absolute Gasteiger partial charge is 0.356 e. The zero-order chi connectivity index (χ0) is 13.0. The van der Waals surface area contributed by atoms with Gasteiger partial charge in [-0.1, -0.05) is 60.7 Å². The molecule has 0 saturated carbocycles. The summed E-state index contributed by atoms with van der Waals surface area (Å²) in [7, 11) is 1.31. The minimum Gasteiger partial charge on any atom is -0.356 e. The molecule has 0 radical (unpaired) electrons. The molecule has 3 nitrogen and oxygen atoms in total. The molecular formula is C15H14O3. The Morgan fingerprint density at radius 3 is 2.00 bits per heavy atom. The highest BCUT2D eigenvalue weighted by Gasteiger charge is 2.38. The Labute approximate surface area is 106 Å². The molecule has 0 aliphatic heterocycles. The van der Waals surface area contributed by atoms with Gasteiger partial charge in [-0.05, 0) is 0 Å². The van der Waals surface area contributed by atoms with E-state index in [0.29, 0.717) is 11.1 Å². The summed E-state index contributed by atoms with van der Waals surface area (Å²) in [4.78, 5) is 12.3. The Morgan fingerprint density at radius 1 is 1.00 bits per heavy atom. The quantitative estimate of drug-likeness (QED) is 0.661. The van der Waals surface area contributed by atoms with Crippen LogP contribution in [0.4, 0.5) is 0 Å². The molecule has 2 rings (SSSR count). The summed E-state index contributed by atoms with van der Waals surface area (Å²) in [6.45, 7) is 0. The SMILES string of the molecule is COC(O)(C(=O)c1ccccc1)c1ccccc1. The number of ketones is 1. The first-order valence-electron chi connectivity index (χ1n) is 5.61. The third kappa shape index (κ3) is 2.18. The van der Waals surface area contributed by atoms with Gasteiger partial charge in [-0.2, -0.15) is 0 Å². The van der Waals surface area contributed by atoms with Gasteiger partial charge in [0.15, 0.2) is 0 Å². The zero-order valence-electron chi connectivity index (χ0n) is 10.0. The average molecular weight is 242 g/mol. The Hall–Kier alpha value is -1.97. The summed E-state index contributed by atoms with van der Waals surface area (Å²) >= 11 is 0. The minimum atomic E-state index is -1.94. The van der Waals surface area contributed by atoms with E-state index in [-0.39, 0.29) is 0 Å². The fourth-order valence-corrected chi connectivity index (χ4v) is 1.79. The van der Waals surface area contributed by atoms with Crippen LogP contribution in [0.1, 0.15) is 15.9 Å². The lowest BCUT2D eigenvalue weighted by Crippen LogP contribution is -2.37. The molecule has 0 heterocycles. The maximum Gasteiger partial charge on any atom is 0.258 e. The number of carbonyl (C=O) groups is 1. The number of methoxy groups -OCH3 is 1. The minimum absolute atomic E-state index is 0.408. The van der Waals surface area contributed by atoms with Crippen molar-refractivity contribution in [2.24, 2.45) is 0 Å². The van der Waals surface area contributed by atoms with Gasteiger partial charge in [0.2, 0.25) is 5.78 Å². The third-order valence-electron chi connectivity index (χ3n) is 2.80. The van der Waals surface area contributed by atoms with E-state index in [1.807, 2.05) is 12.1 Å². The summed E-state index contributed by atoms with van der Waals surface area (Å²) in [5.41, 5.74) is 0.826. The van der Waals surface area contributed by atoms with E-state index in [1.54, 1.807) is 48.5 Å². The molecule has 18 heavy (non-hydrogen) atoms. The smallest absolute Gasteiger partial charge is 0.258 e. The van der Waals surface area contributed by atoms with E-state index in [4.69, 9.17) is 4.74 Å². The summed E-state index contributed by atoms with van der Waals surface area (Å²) in [6.07, 6.45) is 0. The van der Waals surface area contributed by atoms with Crippen molar-refractivity contribution in [2.75, 3.05) is 7.11 Å². The molecule has 0 aromatic heterocycles. The monoisotopic (exact) mass is 242 g/mol. The second-order valence-corrected chi connectivity index (χ2v) is 3.91. The predicted molar refractivity (Wildman–Crippen MR) is 68.1 cm³/mol. The normalized spacial score (nSPS) is 13.9. The second kappa shape index (κ2) is 5.12. The summed E-state index contributed by atoms with van der Waals surface area (Å²) < 4.78 is 5.05. The number of carbonyl (C=O) groups excluding carboxylic acids is 1. The van der Waals surface area contributed by atoms with Crippen LogP contribution in [0.2, 0.25) is 0 Å². The lowest BCUT2D eigenvalue weighted by molar-refractivity contribution is -0.153. The zero-order valence-corrected chi connectivity index (χ0v) is 10.0. The lowest BCUT2D eigenvalue weighted by atomic mass is 9.96. The van der Waals surface area contributed by atoms with Crippen molar-refractivity contribution in [1.82, 2.24) is 0 Å². The van der Waals surface area contributed by atoms with E-state index in [2.05, 4.69) is 0 Å². The number of hydrogen-bond donors (Lipinski definition) is 1. The Kier molecular flexibility index (Phi) is 3.55. The molecular weight excluding hydrogens is 228 g/mol. The Balaban J connectivity index is 2.43. The number of rotatable bonds is 4. The van der Waals surface area contributed by atoms with Gasteiger partial charge in [-0.25, -0.2) is 0 Å². The first-order valence-corrected chi connectivity index (χ1v) is 5.61. The van der Waals surface area contributed by atoms with Crippen molar-refractivity contribution in [1.29, 1.82) is 0 Å². The fraction of sp³-hybridized carbons (Fsp3) is 0.133. The van der Waals surface area contributed by atoms with Crippen LogP contribution >= 0.6 is 0 Å². The highest BCUT2D eigenvalue weighted by molar-refractivity contribution is 6.01. The van der Waals surface area contributed by atoms with Crippen LogP contribution in [0, 0.1) is 0 Å². The summed E-state index contributed by atoms with van der Waals surface area (Å²) in [5, 5.41) is 10.4. The molecule has 3 heteroatoms. The van der Waals surface area contributed by atoms with E-state index in [0.717, 1.165) is 0 Å². The summed E-state index contributed by atoms with van der Waals surface area (Å²) in [6, 6.07) is 17.2. The maximum atomic E-state index is 12.3. The van der Waals surface area contributed by atoms with Gasteiger partial charge in [-0.3, -0.25) is 4.79 Å². The number of ether oxygens (including phenoxy) is 1. The van der Waals surface area contributed by atoms with Crippen molar-refractivity contribution in [3.8, 4) is 0 Å². The van der Waals surface area contributed by atoms with Crippen LogP contribution in [0.15, 0.2) is 60.7 Å². The number of hydrogen-bond acceptors (Lipinski definition) is 3. The van der Waals surface area contributed by atoms with Crippen molar-refractivity contribution < 1.29 is 14.6 Å². The number of Topliss-reactive ketones (excluding diaryl/α,β-unsaturated/α-hetero) is 1. The Bertz CT molecular complexity index is 522. The molecule has 0 saturated heterocycles. The van der Waals surface area contributed by atoms with Crippen LogP contribution in [-0.2, 0) is 10.5 Å². The number of benzene rings is 2. The first kappa shape index (κ1) is 12.5. The molecule has 1 atom stereocenters. The van der Waals surface area contributed by atoms with Crippen LogP contribution < -0.4 is 0 Å². The first-order chi connectivity index (χ1) is 8.68. The van der Waals surface area contributed by atoms with E-state index >= 15 is 0 Å². The highest BCUT2D eigenvalue weighted by atomic mass is 16.6. The van der Waals surface area contributed by atoms with E-state index < -0.39 is 11.6 Å². The summed E-state index contributed by atoms with van der Waals surface area (Å²) in [5.74, 6) is -2.42. The molecule has 92 valence electrons. The van der Waals surface area contributed by atoms with Gasteiger partial charge in [0.05, 0.1) is 0 Å². The van der Waals surface area contributed by atoms with E-state index in [1.165, 1.54) is 7.11 Å². The molecule has 1 unspecified atom stereocenters. The Morgan fingerprint density at radius 2 is 1.50 bits per heavy atom. The second-order valence-electron chi connectivity index (χ2n) is 3.91. The molecule has 0 fully saturated rings. The molecule has 0 bridgehead atoms. The van der Waals surface area contributed by atoms with Crippen molar-refractivity contribution in [3.63, 3.8) is 0 Å². The van der Waals surface area contributed by atoms with Crippen LogP contribution in [0.5, 0.6) is 0 Å². The third-order valence-corrected chi connectivity index (χ3v) is 2.80. The topological polar surface area (TPSA) is 46.5 Å². The highest BCUT2D eigenvalue weighted by Crippen LogP contribution is 2.26. The standard InChI is InChI=1S/C15H14O3/c1-18-15(17,13-10-6-3-7-11-13)14(16)12-8-4-2-5-9-12/h2-11,17H,1H3. The molecule has 0 aliphatic rings.